The molecule has 0 radical (unpaired) electrons. The highest BCUT2D eigenvalue weighted by atomic mass is 79.9. The van der Waals surface area contributed by atoms with Crippen molar-refractivity contribution >= 4 is 33.3 Å². The third kappa shape index (κ3) is 4.07. The zero-order chi connectivity index (χ0) is 13.8. The summed E-state index contributed by atoms with van der Waals surface area (Å²) in [5.41, 5.74) is 0. The van der Waals surface area contributed by atoms with Crippen LogP contribution in [0.3, 0.4) is 0 Å². The first kappa shape index (κ1) is 15.1. The smallest absolute Gasteiger partial charge is 0.147 e. The quantitative estimate of drug-likeness (QED) is 0.901. The lowest BCUT2D eigenvalue weighted by atomic mass is 9.97. The molecule has 1 N–H and O–H groups in total. The van der Waals surface area contributed by atoms with Crippen LogP contribution in [0.1, 0.15) is 26.7 Å². The number of halogens is 2. The fourth-order valence-corrected chi connectivity index (χ4v) is 3.24. The molecular formula is C14H21BrClN3. The summed E-state index contributed by atoms with van der Waals surface area (Å²) in [5, 5.41) is 4.13. The van der Waals surface area contributed by atoms with Gasteiger partial charge in [-0.2, -0.15) is 0 Å². The Kier molecular flexibility index (Phi) is 5.48. The Morgan fingerprint density at radius 3 is 2.74 bits per heavy atom. The van der Waals surface area contributed by atoms with Crippen molar-refractivity contribution in [1.29, 1.82) is 0 Å². The van der Waals surface area contributed by atoms with E-state index < -0.39 is 0 Å². The predicted octanol–water partition coefficient (Wildman–Crippen LogP) is 3.71. The maximum atomic E-state index is 6.34. The predicted molar refractivity (Wildman–Crippen MR) is 85.0 cm³/mol. The number of pyridine rings is 1. The van der Waals surface area contributed by atoms with Crippen LogP contribution in [-0.4, -0.2) is 30.7 Å². The second-order valence-electron chi connectivity index (χ2n) is 5.40. The molecule has 1 saturated heterocycles. The van der Waals surface area contributed by atoms with Gasteiger partial charge in [0.2, 0.25) is 0 Å². The average molecular weight is 347 g/mol. The van der Waals surface area contributed by atoms with Gasteiger partial charge >= 0.3 is 0 Å². The Hall–Kier alpha value is -0.320. The van der Waals surface area contributed by atoms with Crippen LogP contribution in [0.4, 0.5) is 5.82 Å². The van der Waals surface area contributed by atoms with Gasteiger partial charge in [0, 0.05) is 23.3 Å². The topological polar surface area (TPSA) is 28.2 Å². The van der Waals surface area contributed by atoms with Gasteiger partial charge in [0.05, 0.1) is 5.02 Å². The van der Waals surface area contributed by atoms with Gasteiger partial charge in [0.1, 0.15) is 5.82 Å². The first-order valence-electron chi connectivity index (χ1n) is 6.86. The fraction of sp³-hybridized carbons (Fsp3) is 0.643. The van der Waals surface area contributed by atoms with E-state index in [0.29, 0.717) is 6.04 Å². The van der Waals surface area contributed by atoms with Gasteiger partial charge in [-0.1, -0.05) is 11.6 Å². The summed E-state index contributed by atoms with van der Waals surface area (Å²) in [6, 6.07) is 2.32. The number of nitrogens with zero attached hydrogens (tertiary/aromatic N) is 2. The summed E-state index contributed by atoms with van der Waals surface area (Å²) in [6.45, 7) is 7.67. The fourth-order valence-electron chi connectivity index (χ4n) is 2.50. The summed E-state index contributed by atoms with van der Waals surface area (Å²) < 4.78 is 0.923. The normalized spacial score (nSPS) is 16.9. The van der Waals surface area contributed by atoms with Crippen molar-refractivity contribution in [1.82, 2.24) is 10.3 Å². The van der Waals surface area contributed by atoms with Gasteiger partial charge in [-0.05, 0) is 67.7 Å². The summed E-state index contributed by atoms with van der Waals surface area (Å²) in [5.74, 6) is 1.63. The second kappa shape index (κ2) is 6.91. The van der Waals surface area contributed by atoms with Crippen molar-refractivity contribution in [2.24, 2.45) is 5.92 Å². The molecule has 0 amide bonds. The monoisotopic (exact) mass is 345 g/mol. The minimum atomic E-state index is 0.404. The lowest BCUT2D eigenvalue weighted by Crippen LogP contribution is -2.40. The van der Waals surface area contributed by atoms with Crippen molar-refractivity contribution in [3.05, 3.63) is 21.8 Å². The number of piperidine rings is 1. The molecule has 19 heavy (non-hydrogen) atoms. The number of hydrogen-bond acceptors (Lipinski definition) is 3. The molecule has 0 unspecified atom stereocenters. The van der Waals surface area contributed by atoms with Crippen LogP contribution in [0.25, 0.3) is 0 Å². The van der Waals surface area contributed by atoms with Crippen LogP contribution in [0.2, 0.25) is 5.02 Å². The maximum absolute atomic E-state index is 6.34. The number of nitrogens with one attached hydrogen (secondary N) is 1. The van der Waals surface area contributed by atoms with Crippen LogP contribution < -0.4 is 10.2 Å². The van der Waals surface area contributed by atoms with Crippen LogP contribution in [-0.2, 0) is 0 Å². The van der Waals surface area contributed by atoms with Crippen LogP contribution in [0.15, 0.2) is 16.7 Å². The van der Waals surface area contributed by atoms with Crippen LogP contribution in [0.5, 0.6) is 0 Å². The molecule has 0 spiro atoms. The first-order chi connectivity index (χ1) is 9.08. The van der Waals surface area contributed by atoms with E-state index in [-0.39, 0.29) is 0 Å². The molecule has 1 aromatic rings. The molecule has 0 aliphatic carbocycles. The average Bonchev–Trinajstić information content (AvgIpc) is 2.38. The summed E-state index contributed by atoms with van der Waals surface area (Å²) >= 11 is 9.75. The number of aromatic nitrogens is 1. The highest BCUT2D eigenvalue weighted by Crippen LogP contribution is 2.29. The highest BCUT2D eigenvalue weighted by Gasteiger charge is 2.21. The molecule has 1 fully saturated rings. The van der Waals surface area contributed by atoms with Gasteiger partial charge in [-0.3, -0.25) is 0 Å². The lowest BCUT2D eigenvalue weighted by molar-refractivity contribution is 0.367. The molecule has 0 aromatic carbocycles. The van der Waals surface area contributed by atoms with Crippen LogP contribution in [0, 0.1) is 5.92 Å². The zero-order valence-electron chi connectivity index (χ0n) is 11.5. The minimum Gasteiger partial charge on any atom is -0.353 e. The number of hydrogen-bond donors (Lipinski definition) is 1. The zero-order valence-corrected chi connectivity index (χ0v) is 13.8. The van der Waals surface area contributed by atoms with E-state index >= 15 is 0 Å². The molecule has 0 saturated carbocycles. The van der Waals surface area contributed by atoms with Crippen molar-refractivity contribution in [2.45, 2.75) is 32.7 Å². The third-order valence-electron chi connectivity index (χ3n) is 3.60. The number of anilines is 1. The van der Waals surface area contributed by atoms with Gasteiger partial charge in [0.15, 0.2) is 0 Å². The van der Waals surface area contributed by atoms with Crippen molar-refractivity contribution < 1.29 is 0 Å². The summed E-state index contributed by atoms with van der Waals surface area (Å²) in [6.07, 6.45) is 4.29. The lowest BCUT2D eigenvalue weighted by Gasteiger charge is -2.34. The third-order valence-corrected chi connectivity index (χ3v) is 4.31. The van der Waals surface area contributed by atoms with Gasteiger partial charge in [0.25, 0.3) is 0 Å². The van der Waals surface area contributed by atoms with E-state index in [2.05, 4.69) is 45.0 Å². The Balaban J connectivity index is 2.14. The summed E-state index contributed by atoms with van der Waals surface area (Å²) in [7, 11) is 0. The van der Waals surface area contributed by atoms with E-state index in [0.717, 1.165) is 40.9 Å². The molecule has 1 aliphatic rings. The van der Waals surface area contributed by atoms with E-state index in [1.165, 1.54) is 12.8 Å². The van der Waals surface area contributed by atoms with Gasteiger partial charge < -0.3 is 10.2 Å². The SMILES string of the molecule is CC(C)N(CC1CCNCC1)c1ncc(Br)cc1Cl. The Morgan fingerprint density at radius 2 is 2.16 bits per heavy atom. The van der Waals surface area contributed by atoms with E-state index in [9.17, 15) is 0 Å². The minimum absolute atomic E-state index is 0.404. The maximum Gasteiger partial charge on any atom is 0.147 e. The van der Waals surface area contributed by atoms with E-state index in [1.54, 1.807) is 0 Å². The van der Waals surface area contributed by atoms with Crippen molar-refractivity contribution in [3.63, 3.8) is 0 Å². The molecule has 106 valence electrons. The molecule has 1 aromatic heterocycles. The molecule has 0 bridgehead atoms. The van der Waals surface area contributed by atoms with Crippen LogP contribution >= 0.6 is 27.5 Å². The molecule has 0 atom stereocenters. The Bertz CT molecular complexity index is 419. The number of rotatable bonds is 4. The van der Waals surface area contributed by atoms with E-state index in [4.69, 9.17) is 11.6 Å². The molecule has 2 heterocycles. The van der Waals surface area contributed by atoms with Gasteiger partial charge in [-0.25, -0.2) is 4.98 Å². The molecule has 5 heteroatoms. The van der Waals surface area contributed by atoms with Crippen molar-refractivity contribution in [3.8, 4) is 0 Å². The molecule has 1 aliphatic heterocycles. The highest BCUT2D eigenvalue weighted by molar-refractivity contribution is 9.10. The second-order valence-corrected chi connectivity index (χ2v) is 6.72. The van der Waals surface area contributed by atoms with Crippen molar-refractivity contribution in [2.75, 3.05) is 24.5 Å². The molecule has 3 nitrogen and oxygen atoms in total. The van der Waals surface area contributed by atoms with Gasteiger partial charge in [-0.15, -0.1) is 0 Å². The summed E-state index contributed by atoms with van der Waals surface area (Å²) in [4.78, 5) is 6.82. The standard InChI is InChI=1S/C14H21BrClN3/c1-10(2)19(9-11-3-5-17-6-4-11)14-13(16)7-12(15)8-18-14/h7-8,10-11,17H,3-6,9H2,1-2H3. The Morgan fingerprint density at radius 1 is 1.47 bits per heavy atom. The Labute approximate surface area is 128 Å². The molecular weight excluding hydrogens is 326 g/mol. The largest absolute Gasteiger partial charge is 0.353 e. The molecule has 2 rings (SSSR count). The first-order valence-corrected chi connectivity index (χ1v) is 8.03. The van der Waals surface area contributed by atoms with E-state index in [1.807, 2.05) is 12.3 Å².